The molecule has 14 heavy (non-hydrogen) atoms. The van der Waals surface area contributed by atoms with E-state index in [1.807, 2.05) is 6.07 Å². The van der Waals surface area contributed by atoms with Gasteiger partial charge in [-0.05, 0) is 5.92 Å². The zero-order valence-corrected chi connectivity index (χ0v) is 8.84. The highest BCUT2D eigenvalue weighted by molar-refractivity contribution is 6.30. The normalized spacial score (nSPS) is 9.93. The van der Waals surface area contributed by atoms with E-state index in [0.29, 0.717) is 11.7 Å². The lowest BCUT2D eigenvalue weighted by molar-refractivity contribution is 0.686. The van der Waals surface area contributed by atoms with Crippen molar-refractivity contribution in [3.05, 3.63) is 17.0 Å². The van der Waals surface area contributed by atoms with Crippen molar-refractivity contribution in [2.75, 3.05) is 11.9 Å². The SMILES string of the molecule is CC(C)CNc1cnc(C#N)c(Cl)n1. The molecule has 5 heteroatoms. The van der Waals surface area contributed by atoms with Crippen LogP contribution in [0.5, 0.6) is 0 Å². The lowest BCUT2D eigenvalue weighted by Gasteiger charge is -2.07. The number of aromatic nitrogens is 2. The summed E-state index contributed by atoms with van der Waals surface area (Å²) in [5, 5.41) is 11.8. The first kappa shape index (κ1) is 10.7. The molecule has 1 aromatic rings. The maximum Gasteiger partial charge on any atom is 0.178 e. The van der Waals surface area contributed by atoms with Crippen LogP contribution in [0.2, 0.25) is 5.15 Å². The van der Waals surface area contributed by atoms with Crippen molar-refractivity contribution in [2.45, 2.75) is 13.8 Å². The third-order valence-electron chi connectivity index (χ3n) is 1.53. The highest BCUT2D eigenvalue weighted by Crippen LogP contribution is 2.12. The van der Waals surface area contributed by atoms with Crippen LogP contribution in [-0.2, 0) is 0 Å². The van der Waals surface area contributed by atoms with Gasteiger partial charge in [0.15, 0.2) is 10.8 Å². The molecule has 1 aromatic heterocycles. The van der Waals surface area contributed by atoms with Crippen molar-refractivity contribution in [3.8, 4) is 6.07 Å². The molecule has 0 fully saturated rings. The Hall–Kier alpha value is -1.34. The van der Waals surface area contributed by atoms with E-state index < -0.39 is 0 Å². The van der Waals surface area contributed by atoms with Gasteiger partial charge < -0.3 is 5.32 Å². The fraction of sp³-hybridized carbons (Fsp3) is 0.444. The van der Waals surface area contributed by atoms with E-state index in [-0.39, 0.29) is 10.8 Å². The summed E-state index contributed by atoms with van der Waals surface area (Å²) in [6.45, 7) is 4.98. The standard InChI is InChI=1S/C9H11ClN4/c1-6(2)4-13-8-5-12-7(3-11)9(10)14-8/h5-6H,4H2,1-2H3,(H,13,14). The van der Waals surface area contributed by atoms with E-state index in [9.17, 15) is 0 Å². The molecule has 0 bridgehead atoms. The van der Waals surface area contributed by atoms with Crippen LogP contribution in [0.15, 0.2) is 6.20 Å². The quantitative estimate of drug-likeness (QED) is 0.830. The average Bonchev–Trinajstić information content (AvgIpc) is 2.15. The number of rotatable bonds is 3. The van der Waals surface area contributed by atoms with Crippen LogP contribution in [0, 0.1) is 17.2 Å². The van der Waals surface area contributed by atoms with Crippen LogP contribution >= 0.6 is 11.6 Å². The van der Waals surface area contributed by atoms with Crippen molar-refractivity contribution in [1.29, 1.82) is 5.26 Å². The van der Waals surface area contributed by atoms with Crippen molar-refractivity contribution in [2.24, 2.45) is 5.92 Å². The van der Waals surface area contributed by atoms with Crippen molar-refractivity contribution >= 4 is 17.4 Å². The number of nitriles is 1. The molecule has 0 unspecified atom stereocenters. The summed E-state index contributed by atoms with van der Waals surface area (Å²) < 4.78 is 0. The number of halogens is 1. The monoisotopic (exact) mass is 210 g/mol. The lowest BCUT2D eigenvalue weighted by atomic mass is 10.2. The van der Waals surface area contributed by atoms with Gasteiger partial charge in [0.25, 0.3) is 0 Å². The van der Waals surface area contributed by atoms with Crippen LogP contribution in [0.4, 0.5) is 5.82 Å². The third-order valence-corrected chi connectivity index (χ3v) is 1.79. The molecule has 1 rings (SSSR count). The van der Waals surface area contributed by atoms with E-state index in [1.54, 1.807) is 0 Å². The molecule has 0 saturated carbocycles. The molecule has 0 spiro atoms. The number of anilines is 1. The largest absolute Gasteiger partial charge is 0.368 e. The molecule has 0 aromatic carbocycles. The number of hydrogen-bond acceptors (Lipinski definition) is 4. The highest BCUT2D eigenvalue weighted by Gasteiger charge is 2.04. The Labute approximate surface area is 87.9 Å². The Morgan fingerprint density at radius 3 is 2.86 bits per heavy atom. The van der Waals surface area contributed by atoms with Crippen LogP contribution in [0.3, 0.4) is 0 Å². The summed E-state index contributed by atoms with van der Waals surface area (Å²) in [4.78, 5) is 7.84. The Morgan fingerprint density at radius 2 is 2.36 bits per heavy atom. The zero-order valence-electron chi connectivity index (χ0n) is 8.08. The fourth-order valence-electron chi connectivity index (χ4n) is 0.835. The summed E-state index contributed by atoms with van der Waals surface area (Å²) in [7, 11) is 0. The molecule has 1 heterocycles. The predicted octanol–water partition coefficient (Wildman–Crippen LogP) is 2.07. The minimum Gasteiger partial charge on any atom is -0.368 e. The molecular weight excluding hydrogens is 200 g/mol. The number of nitrogens with one attached hydrogen (secondary N) is 1. The van der Waals surface area contributed by atoms with Gasteiger partial charge in [0, 0.05) is 6.54 Å². The second-order valence-corrected chi connectivity index (χ2v) is 3.64. The smallest absolute Gasteiger partial charge is 0.178 e. The van der Waals surface area contributed by atoms with E-state index in [1.165, 1.54) is 6.20 Å². The van der Waals surface area contributed by atoms with E-state index in [0.717, 1.165) is 6.54 Å². The minimum atomic E-state index is 0.140. The summed E-state index contributed by atoms with van der Waals surface area (Å²) in [5.41, 5.74) is 0.154. The maximum atomic E-state index is 8.57. The molecule has 0 aliphatic rings. The van der Waals surface area contributed by atoms with Gasteiger partial charge in [-0.25, -0.2) is 9.97 Å². The second kappa shape index (κ2) is 4.77. The molecular formula is C9H11ClN4. The maximum absolute atomic E-state index is 8.57. The van der Waals surface area contributed by atoms with Crippen LogP contribution < -0.4 is 5.32 Å². The van der Waals surface area contributed by atoms with Gasteiger partial charge in [-0.2, -0.15) is 5.26 Å². The molecule has 0 radical (unpaired) electrons. The second-order valence-electron chi connectivity index (χ2n) is 3.28. The van der Waals surface area contributed by atoms with Crippen LogP contribution in [0.1, 0.15) is 19.5 Å². The topological polar surface area (TPSA) is 61.6 Å². The molecule has 0 saturated heterocycles. The molecule has 1 N–H and O–H groups in total. The van der Waals surface area contributed by atoms with Gasteiger partial charge in [0.05, 0.1) is 6.20 Å². The first-order valence-electron chi connectivity index (χ1n) is 4.30. The van der Waals surface area contributed by atoms with Gasteiger partial charge >= 0.3 is 0 Å². The summed E-state index contributed by atoms with van der Waals surface area (Å²) in [6.07, 6.45) is 1.51. The number of hydrogen-bond donors (Lipinski definition) is 1. The van der Waals surface area contributed by atoms with Gasteiger partial charge in [-0.3, -0.25) is 0 Å². The van der Waals surface area contributed by atoms with Gasteiger partial charge in [-0.15, -0.1) is 0 Å². The van der Waals surface area contributed by atoms with Gasteiger partial charge in [-0.1, -0.05) is 25.4 Å². The molecule has 74 valence electrons. The summed E-state index contributed by atoms with van der Waals surface area (Å²) in [5.74, 6) is 1.12. The van der Waals surface area contributed by atoms with Gasteiger partial charge in [0.1, 0.15) is 11.9 Å². The third kappa shape index (κ3) is 2.86. The van der Waals surface area contributed by atoms with Crippen LogP contribution in [0.25, 0.3) is 0 Å². The molecule has 0 aliphatic heterocycles. The number of nitrogens with zero attached hydrogens (tertiary/aromatic N) is 3. The van der Waals surface area contributed by atoms with Crippen LogP contribution in [-0.4, -0.2) is 16.5 Å². The summed E-state index contributed by atoms with van der Waals surface area (Å²) >= 11 is 5.71. The lowest BCUT2D eigenvalue weighted by Crippen LogP contribution is -2.09. The van der Waals surface area contributed by atoms with E-state index in [4.69, 9.17) is 16.9 Å². The highest BCUT2D eigenvalue weighted by atomic mass is 35.5. The average molecular weight is 211 g/mol. The van der Waals surface area contributed by atoms with E-state index in [2.05, 4.69) is 29.1 Å². The fourth-order valence-corrected chi connectivity index (χ4v) is 1.02. The van der Waals surface area contributed by atoms with Crippen molar-refractivity contribution < 1.29 is 0 Å². The molecule has 0 atom stereocenters. The van der Waals surface area contributed by atoms with Crippen molar-refractivity contribution in [3.63, 3.8) is 0 Å². The molecule has 0 aliphatic carbocycles. The minimum absolute atomic E-state index is 0.140. The van der Waals surface area contributed by atoms with Crippen molar-refractivity contribution in [1.82, 2.24) is 9.97 Å². The molecule has 4 nitrogen and oxygen atoms in total. The molecule has 0 amide bonds. The van der Waals surface area contributed by atoms with Gasteiger partial charge in [0.2, 0.25) is 0 Å². The Balaban J connectivity index is 2.73. The van der Waals surface area contributed by atoms with E-state index >= 15 is 0 Å². The first-order chi connectivity index (χ1) is 6.63. The predicted molar refractivity (Wildman–Crippen MR) is 55.1 cm³/mol. The Bertz CT molecular complexity index is 356. The zero-order chi connectivity index (χ0) is 10.6. The summed E-state index contributed by atoms with van der Waals surface area (Å²) in [6, 6.07) is 1.85. The Kier molecular flexibility index (Phi) is 3.66. The first-order valence-corrected chi connectivity index (χ1v) is 4.67. The Morgan fingerprint density at radius 1 is 1.64 bits per heavy atom.